The van der Waals surface area contributed by atoms with Crippen LogP contribution in [-0.4, -0.2) is 31.1 Å². The predicted octanol–water partition coefficient (Wildman–Crippen LogP) is 3.94. The molecule has 0 amide bonds. The molecule has 2 atom stereocenters. The summed E-state index contributed by atoms with van der Waals surface area (Å²) in [4.78, 5) is 26.1. The maximum absolute atomic E-state index is 13.5. The monoisotopic (exact) mass is 419 g/mol. The van der Waals surface area contributed by atoms with E-state index in [1.807, 2.05) is 37.3 Å². The molecule has 160 valence electrons. The lowest BCUT2D eigenvalue weighted by Gasteiger charge is -2.36. The first-order valence-electron chi connectivity index (χ1n) is 10.2. The van der Waals surface area contributed by atoms with Gasteiger partial charge in [0.1, 0.15) is 11.5 Å². The van der Waals surface area contributed by atoms with Gasteiger partial charge in [-0.05, 0) is 42.7 Å². The first-order valence-corrected chi connectivity index (χ1v) is 10.2. The molecule has 1 aliphatic heterocycles. The molecule has 2 aromatic rings. The van der Waals surface area contributed by atoms with Crippen molar-refractivity contribution in [1.29, 1.82) is 0 Å². The van der Waals surface area contributed by atoms with Crippen LogP contribution < -0.4 is 10.1 Å². The minimum atomic E-state index is -0.595. The molecule has 2 aromatic carbocycles. The third-order valence-corrected chi connectivity index (χ3v) is 6.02. The summed E-state index contributed by atoms with van der Waals surface area (Å²) in [5.41, 5.74) is 4.05. The van der Waals surface area contributed by atoms with E-state index in [4.69, 9.17) is 9.47 Å². The van der Waals surface area contributed by atoms with E-state index in [-0.39, 0.29) is 17.5 Å². The molecule has 0 radical (unpaired) electrons. The average Bonchev–Trinajstić information content (AvgIpc) is 2.77. The topological polar surface area (TPSA) is 84.9 Å². The molecule has 1 heterocycles. The molecule has 31 heavy (non-hydrogen) atoms. The summed E-state index contributed by atoms with van der Waals surface area (Å²) in [6, 6.07) is 14.4. The number of carbonyl (C=O) groups excluding carboxylic acids is 2. The summed E-state index contributed by atoms with van der Waals surface area (Å²) >= 11 is 0. The van der Waals surface area contributed by atoms with Crippen LogP contribution in [0.4, 0.5) is 0 Å². The second-order valence-corrected chi connectivity index (χ2v) is 7.85. The van der Waals surface area contributed by atoms with Gasteiger partial charge in [-0.1, -0.05) is 30.3 Å². The highest BCUT2D eigenvalue weighted by Crippen LogP contribution is 2.47. The number of nitrogens with one attached hydrogen (secondary N) is 1. The van der Waals surface area contributed by atoms with E-state index in [9.17, 15) is 14.7 Å². The van der Waals surface area contributed by atoms with Crippen LogP contribution in [0.5, 0.6) is 11.5 Å². The van der Waals surface area contributed by atoms with Gasteiger partial charge in [-0.25, -0.2) is 4.79 Å². The van der Waals surface area contributed by atoms with Gasteiger partial charge in [0.25, 0.3) is 0 Å². The van der Waals surface area contributed by atoms with E-state index in [1.165, 1.54) is 7.11 Å². The summed E-state index contributed by atoms with van der Waals surface area (Å²) in [5, 5.41) is 13.3. The molecule has 2 N–H and O–H groups in total. The zero-order valence-electron chi connectivity index (χ0n) is 17.8. The number of phenols is 1. The molecule has 0 aromatic heterocycles. The normalized spacial score (nSPS) is 20.8. The molecule has 2 aliphatic rings. The number of carbonyl (C=O) groups is 2. The number of para-hydroxylation sites is 1. The molecule has 6 heteroatoms. The Morgan fingerprint density at radius 3 is 2.58 bits per heavy atom. The van der Waals surface area contributed by atoms with Gasteiger partial charge in [0.15, 0.2) is 5.78 Å². The Bertz CT molecular complexity index is 1110. The van der Waals surface area contributed by atoms with E-state index >= 15 is 0 Å². The Morgan fingerprint density at radius 1 is 1.10 bits per heavy atom. The first kappa shape index (κ1) is 20.7. The fraction of sp³-hybridized carbons (Fsp3) is 0.280. The van der Waals surface area contributed by atoms with Gasteiger partial charge in [0.05, 0.1) is 19.8 Å². The number of ketones is 1. The van der Waals surface area contributed by atoms with Gasteiger partial charge in [-0.2, -0.15) is 0 Å². The highest BCUT2D eigenvalue weighted by Gasteiger charge is 2.41. The largest absolute Gasteiger partial charge is 0.508 e. The van der Waals surface area contributed by atoms with Crippen LogP contribution >= 0.6 is 0 Å². The summed E-state index contributed by atoms with van der Waals surface area (Å²) in [6.45, 7) is 1.81. The lowest BCUT2D eigenvalue weighted by atomic mass is 9.71. The molecular formula is C25H25NO5. The fourth-order valence-corrected chi connectivity index (χ4v) is 4.68. The van der Waals surface area contributed by atoms with E-state index in [0.717, 1.165) is 17.0 Å². The number of dihydropyridines is 1. The van der Waals surface area contributed by atoms with Crippen molar-refractivity contribution in [1.82, 2.24) is 5.32 Å². The lowest BCUT2D eigenvalue weighted by Crippen LogP contribution is -2.36. The van der Waals surface area contributed by atoms with Crippen molar-refractivity contribution in [3.8, 4) is 11.5 Å². The van der Waals surface area contributed by atoms with Crippen LogP contribution in [0.25, 0.3) is 0 Å². The number of hydrogen-bond donors (Lipinski definition) is 2. The van der Waals surface area contributed by atoms with Gasteiger partial charge >= 0.3 is 5.97 Å². The lowest BCUT2D eigenvalue weighted by molar-refractivity contribution is -0.136. The molecule has 4 rings (SSSR count). The number of esters is 1. The Balaban J connectivity index is 1.82. The molecular weight excluding hydrogens is 394 g/mol. The van der Waals surface area contributed by atoms with Crippen LogP contribution in [0.3, 0.4) is 0 Å². The van der Waals surface area contributed by atoms with Crippen LogP contribution in [0.15, 0.2) is 71.1 Å². The number of benzene rings is 2. The van der Waals surface area contributed by atoms with Crippen molar-refractivity contribution >= 4 is 11.8 Å². The van der Waals surface area contributed by atoms with Crippen molar-refractivity contribution < 1.29 is 24.2 Å². The number of hydrogen-bond acceptors (Lipinski definition) is 6. The van der Waals surface area contributed by atoms with Crippen LogP contribution in [0.1, 0.15) is 42.7 Å². The third-order valence-electron chi connectivity index (χ3n) is 6.02. The highest BCUT2D eigenvalue weighted by molar-refractivity contribution is 6.04. The Kier molecular flexibility index (Phi) is 5.55. The zero-order chi connectivity index (χ0) is 22.1. The summed E-state index contributed by atoms with van der Waals surface area (Å²) in [6.07, 6.45) is 0.923. The summed E-state index contributed by atoms with van der Waals surface area (Å²) in [5.74, 6) is -0.326. The van der Waals surface area contributed by atoms with Crippen molar-refractivity contribution in [2.24, 2.45) is 0 Å². The van der Waals surface area contributed by atoms with Gasteiger partial charge in [0.2, 0.25) is 0 Å². The number of ether oxygens (including phenoxy) is 2. The van der Waals surface area contributed by atoms with E-state index in [2.05, 4.69) is 5.32 Å². The Hall–Kier alpha value is -3.54. The highest BCUT2D eigenvalue weighted by atomic mass is 16.5. The van der Waals surface area contributed by atoms with Gasteiger partial charge in [-0.3, -0.25) is 4.79 Å². The van der Waals surface area contributed by atoms with Gasteiger partial charge in [0, 0.05) is 35.2 Å². The van der Waals surface area contributed by atoms with Crippen molar-refractivity contribution in [3.05, 3.63) is 82.2 Å². The number of phenolic OH excluding ortho intramolecular Hbond substituents is 1. The van der Waals surface area contributed by atoms with Gasteiger partial charge < -0.3 is 19.9 Å². The average molecular weight is 419 g/mol. The SMILES string of the molecule is COC(=O)C1=C(C)NC2=C(C(=O)C[C@H](c3ccccc3OC)C2)[C@H]1c1cccc(O)c1. The van der Waals surface area contributed by atoms with Crippen LogP contribution in [-0.2, 0) is 14.3 Å². The number of aromatic hydroxyl groups is 1. The number of allylic oxidation sites excluding steroid dienone is 3. The second-order valence-electron chi connectivity index (χ2n) is 7.85. The summed E-state index contributed by atoms with van der Waals surface area (Å²) < 4.78 is 10.5. The van der Waals surface area contributed by atoms with E-state index in [0.29, 0.717) is 35.2 Å². The molecule has 1 aliphatic carbocycles. The smallest absolute Gasteiger partial charge is 0.336 e. The predicted molar refractivity (Wildman–Crippen MR) is 116 cm³/mol. The van der Waals surface area contributed by atoms with E-state index in [1.54, 1.807) is 25.3 Å². The Labute approximate surface area is 181 Å². The standard InChI is InChI=1S/C25H25NO5/c1-14-22(25(29)31-3)23(15-7-6-8-17(27)11-15)24-19(26-14)12-16(13-20(24)28)18-9-4-5-10-21(18)30-2/h4-11,16,23,26-27H,12-13H2,1-3H3/t16-,23+/m1/s1. The third kappa shape index (κ3) is 3.69. The molecule has 0 spiro atoms. The van der Waals surface area contributed by atoms with Crippen molar-refractivity contribution in [3.63, 3.8) is 0 Å². The second kappa shape index (κ2) is 8.30. The maximum Gasteiger partial charge on any atom is 0.336 e. The number of rotatable bonds is 4. The quantitative estimate of drug-likeness (QED) is 0.731. The van der Waals surface area contributed by atoms with Crippen molar-refractivity contribution in [2.45, 2.75) is 31.6 Å². The number of methoxy groups -OCH3 is 2. The van der Waals surface area contributed by atoms with Crippen molar-refractivity contribution in [2.75, 3.05) is 14.2 Å². The fourth-order valence-electron chi connectivity index (χ4n) is 4.68. The molecule has 0 saturated carbocycles. The van der Waals surface area contributed by atoms with Crippen LogP contribution in [0, 0.1) is 0 Å². The maximum atomic E-state index is 13.5. The summed E-state index contributed by atoms with van der Waals surface area (Å²) in [7, 11) is 2.95. The zero-order valence-corrected chi connectivity index (χ0v) is 17.8. The van der Waals surface area contributed by atoms with E-state index < -0.39 is 11.9 Å². The minimum absolute atomic E-state index is 0.0350. The molecule has 6 nitrogen and oxygen atoms in total. The Morgan fingerprint density at radius 2 is 1.87 bits per heavy atom. The van der Waals surface area contributed by atoms with Crippen LogP contribution in [0.2, 0.25) is 0 Å². The number of Topliss-reactive ketones (excluding diaryl/α,β-unsaturated/α-hetero) is 1. The molecule has 0 fully saturated rings. The first-order chi connectivity index (χ1) is 14.9. The minimum Gasteiger partial charge on any atom is -0.508 e. The molecule has 0 bridgehead atoms. The van der Waals surface area contributed by atoms with Gasteiger partial charge in [-0.15, -0.1) is 0 Å². The molecule has 0 saturated heterocycles. The molecule has 0 unspecified atom stereocenters.